The van der Waals surface area contributed by atoms with Crippen LogP contribution in [0.15, 0.2) is 41.1 Å². The van der Waals surface area contributed by atoms with Crippen molar-refractivity contribution in [3.63, 3.8) is 0 Å². The van der Waals surface area contributed by atoms with Crippen molar-refractivity contribution >= 4 is 10.0 Å². The maximum atomic E-state index is 14.1. The largest absolute Gasteiger partial charge is 0.354 e. The number of hydrogen-bond acceptors (Lipinski definition) is 3. The predicted molar refractivity (Wildman–Crippen MR) is 113 cm³/mol. The van der Waals surface area contributed by atoms with Crippen LogP contribution in [0.25, 0.3) is 0 Å². The van der Waals surface area contributed by atoms with Gasteiger partial charge in [-0.25, -0.2) is 17.1 Å². The van der Waals surface area contributed by atoms with Crippen LogP contribution in [0.4, 0.5) is 4.39 Å². The number of quaternary nitrogens is 1. The first kappa shape index (κ1) is 23.3. The van der Waals surface area contributed by atoms with Gasteiger partial charge < -0.3 is 5.73 Å². The van der Waals surface area contributed by atoms with Crippen molar-refractivity contribution in [2.75, 3.05) is 20.6 Å². The average Bonchev–Trinajstić information content (AvgIpc) is 2.92. The lowest BCUT2D eigenvalue weighted by atomic mass is 9.87. The predicted octanol–water partition coefficient (Wildman–Crippen LogP) is 2.43. The summed E-state index contributed by atoms with van der Waals surface area (Å²) >= 11 is 0. The fraction of sp³-hybridized carbons (Fsp3) is 0.476. The van der Waals surface area contributed by atoms with E-state index in [1.165, 1.54) is 24.5 Å². The minimum atomic E-state index is -3.46. The molecule has 0 saturated heterocycles. The minimum absolute atomic E-state index is 0.0877. The Labute approximate surface area is 173 Å². The van der Waals surface area contributed by atoms with E-state index in [9.17, 15) is 12.8 Å². The van der Waals surface area contributed by atoms with Crippen LogP contribution >= 0.6 is 0 Å². The van der Waals surface area contributed by atoms with E-state index in [0.29, 0.717) is 13.0 Å². The highest BCUT2D eigenvalue weighted by atomic mass is 32.2. The lowest BCUT2D eigenvalue weighted by molar-refractivity contribution is -0.353. The monoisotopic (exact) mass is 423 g/mol. The number of nitrogens with zero attached hydrogens (tertiary/aromatic N) is 3. The summed E-state index contributed by atoms with van der Waals surface area (Å²) in [5, 5.41) is 4.69. The quantitative estimate of drug-likeness (QED) is 0.742. The van der Waals surface area contributed by atoms with Crippen molar-refractivity contribution in [1.82, 2.24) is 14.1 Å². The van der Waals surface area contributed by atoms with Crippen molar-refractivity contribution in [1.29, 1.82) is 0 Å². The molecule has 0 radical (unpaired) electrons. The molecular formula is C21H32FN4O2S+. The summed E-state index contributed by atoms with van der Waals surface area (Å²) in [6, 6.07) is 6.89. The van der Waals surface area contributed by atoms with Crippen molar-refractivity contribution in [2.24, 2.45) is 0 Å². The van der Waals surface area contributed by atoms with Gasteiger partial charge in [0, 0.05) is 43.3 Å². The van der Waals surface area contributed by atoms with Gasteiger partial charge in [0.15, 0.2) is 0 Å². The number of benzene rings is 1. The van der Waals surface area contributed by atoms with Gasteiger partial charge in [-0.2, -0.15) is 5.10 Å². The molecule has 2 rings (SSSR count). The van der Waals surface area contributed by atoms with E-state index < -0.39 is 10.0 Å². The highest BCUT2D eigenvalue weighted by molar-refractivity contribution is 7.89. The zero-order chi connectivity index (χ0) is 22.0. The van der Waals surface area contributed by atoms with Gasteiger partial charge in [-0.05, 0) is 24.6 Å². The Hall–Kier alpha value is -2.03. The molecule has 1 heterocycles. The molecule has 0 spiro atoms. The van der Waals surface area contributed by atoms with Crippen LogP contribution in [-0.4, -0.2) is 43.1 Å². The fourth-order valence-electron chi connectivity index (χ4n) is 3.11. The summed E-state index contributed by atoms with van der Waals surface area (Å²) in [6.45, 7) is 8.67. The van der Waals surface area contributed by atoms with Gasteiger partial charge in [0.05, 0.1) is 23.7 Å². The zero-order valence-electron chi connectivity index (χ0n) is 18.2. The maximum absolute atomic E-state index is 14.1. The summed E-state index contributed by atoms with van der Waals surface area (Å²) < 4.78 is 41.5. The summed E-state index contributed by atoms with van der Waals surface area (Å²) in [5.74, 6) is -0.254. The van der Waals surface area contributed by atoms with Crippen molar-refractivity contribution in [2.45, 2.75) is 51.0 Å². The summed E-state index contributed by atoms with van der Waals surface area (Å²) in [4.78, 5) is 0.259. The smallest absolute Gasteiger partial charge is 0.242 e. The summed E-state index contributed by atoms with van der Waals surface area (Å²) in [5.41, 5.74) is 7.30. The third-order valence-corrected chi connectivity index (χ3v) is 6.62. The molecule has 2 aromatic rings. The van der Waals surface area contributed by atoms with E-state index in [0.717, 1.165) is 22.5 Å². The lowest BCUT2D eigenvalue weighted by Gasteiger charge is -2.18. The zero-order valence-corrected chi connectivity index (χ0v) is 19.0. The molecule has 0 aliphatic carbocycles. The second-order valence-corrected chi connectivity index (χ2v) is 10.5. The number of aromatic nitrogens is 2. The maximum Gasteiger partial charge on any atom is 0.242 e. The molecule has 160 valence electrons. The van der Waals surface area contributed by atoms with Crippen LogP contribution in [0.5, 0.6) is 0 Å². The van der Waals surface area contributed by atoms with Crippen LogP contribution in [0, 0.1) is 6.92 Å². The highest BCUT2D eigenvalue weighted by Crippen LogP contribution is 2.29. The van der Waals surface area contributed by atoms with E-state index in [4.69, 9.17) is 5.10 Å². The van der Waals surface area contributed by atoms with Gasteiger partial charge in [0.2, 0.25) is 10.0 Å². The number of halogens is 1. The average molecular weight is 424 g/mol. The Kier molecular flexibility index (Phi) is 7.03. The van der Waals surface area contributed by atoms with Gasteiger partial charge in [-0.15, -0.1) is 0 Å². The Morgan fingerprint density at radius 3 is 2.31 bits per heavy atom. The van der Waals surface area contributed by atoms with E-state index in [1.807, 2.05) is 19.1 Å². The van der Waals surface area contributed by atoms with Crippen LogP contribution in [-0.2, 0) is 28.4 Å². The molecule has 1 aromatic carbocycles. The Bertz CT molecular complexity index is 985. The number of sulfonamides is 1. The third-order valence-electron chi connectivity index (χ3n) is 4.79. The standard InChI is InChI=1S/C21H31FN4O2S/c1-15-19(13-16-7-9-18(10-8-16)29(27,28)25(5)6)20(21(2,3)4)24-26(15)14-17(22)11-12-23/h7-11H,12-14,23H2,1-6H3/p+1/b17-11-. The van der Waals surface area contributed by atoms with E-state index in [2.05, 4.69) is 26.5 Å². The van der Waals surface area contributed by atoms with Gasteiger partial charge >= 0.3 is 0 Å². The first-order valence-electron chi connectivity index (χ1n) is 9.60. The van der Waals surface area contributed by atoms with Crippen LogP contribution in [0.2, 0.25) is 0 Å². The Balaban J connectivity index is 2.41. The lowest BCUT2D eigenvalue weighted by Crippen LogP contribution is -2.49. The molecular weight excluding hydrogens is 391 g/mol. The first-order valence-corrected chi connectivity index (χ1v) is 11.0. The normalized spacial score (nSPS) is 13.3. The SMILES string of the molecule is Cc1c(Cc2ccc(S(=O)(=O)N(C)C)cc2)c(C(C)(C)C)nn1C/C(F)=C/C[NH3+]. The highest BCUT2D eigenvalue weighted by Gasteiger charge is 2.25. The molecule has 6 nitrogen and oxygen atoms in total. The molecule has 1 aromatic heterocycles. The van der Waals surface area contributed by atoms with Gasteiger partial charge in [0.25, 0.3) is 0 Å². The molecule has 0 amide bonds. The van der Waals surface area contributed by atoms with E-state index in [1.54, 1.807) is 16.8 Å². The Morgan fingerprint density at radius 2 is 1.83 bits per heavy atom. The topological polar surface area (TPSA) is 82.8 Å². The molecule has 0 fully saturated rings. The second-order valence-electron chi connectivity index (χ2n) is 8.37. The first-order chi connectivity index (χ1) is 13.4. The molecule has 29 heavy (non-hydrogen) atoms. The summed E-state index contributed by atoms with van der Waals surface area (Å²) in [6.07, 6.45) is 2.06. The molecule has 8 heteroatoms. The van der Waals surface area contributed by atoms with Crippen LogP contribution in [0.1, 0.15) is 43.3 Å². The Morgan fingerprint density at radius 1 is 1.24 bits per heavy atom. The molecule has 0 atom stereocenters. The molecule has 0 saturated carbocycles. The number of rotatable bonds is 7. The van der Waals surface area contributed by atoms with Crippen molar-refractivity contribution < 1.29 is 18.5 Å². The van der Waals surface area contributed by atoms with Crippen molar-refractivity contribution in [3.8, 4) is 0 Å². The minimum Gasteiger partial charge on any atom is -0.354 e. The third kappa shape index (κ3) is 5.32. The van der Waals surface area contributed by atoms with Gasteiger partial charge in [0.1, 0.15) is 5.83 Å². The summed E-state index contributed by atoms with van der Waals surface area (Å²) in [7, 11) is -0.432. The van der Waals surface area contributed by atoms with Gasteiger partial charge in [-0.3, -0.25) is 4.68 Å². The molecule has 3 N–H and O–H groups in total. The molecule has 0 unspecified atom stereocenters. The number of hydrogen-bond donors (Lipinski definition) is 1. The second kappa shape index (κ2) is 8.77. The fourth-order valence-corrected chi connectivity index (χ4v) is 4.01. The van der Waals surface area contributed by atoms with E-state index >= 15 is 0 Å². The molecule has 0 aliphatic rings. The van der Waals surface area contributed by atoms with E-state index in [-0.39, 0.29) is 22.7 Å². The van der Waals surface area contributed by atoms with Crippen LogP contribution in [0.3, 0.4) is 0 Å². The molecule has 0 bridgehead atoms. The molecule has 0 aliphatic heterocycles. The van der Waals surface area contributed by atoms with Crippen LogP contribution < -0.4 is 5.73 Å². The van der Waals surface area contributed by atoms with Crippen molar-refractivity contribution in [3.05, 3.63) is 58.7 Å². The number of allylic oxidation sites excluding steroid dienone is 1. The van der Waals surface area contributed by atoms with Gasteiger partial charge in [-0.1, -0.05) is 32.9 Å².